The van der Waals surface area contributed by atoms with Crippen LogP contribution >= 0.6 is 11.6 Å². The third-order valence-electron chi connectivity index (χ3n) is 3.94. The molecule has 0 unspecified atom stereocenters. The first-order chi connectivity index (χ1) is 12.3. The van der Waals surface area contributed by atoms with E-state index in [0.29, 0.717) is 28.9 Å². The van der Waals surface area contributed by atoms with Gasteiger partial charge in [-0.3, -0.25) is 14.4 Å². The summed E-state index contributed by atoms with van der Waals surface area (Å²) in [5, 5.41) is 3.13. The Labute approximate surface area is 157 Å². The van der Waals surface area contributed by atoms with Crippen LogP contribution in [0.25, 0.3) is 0 Å². The highest BCUT2D eigenvalue weighted by atomic mass is 35.5. The summed E-state index contributed by atoms with van der Waals surface area (Å²) in [5.74, 6) is -0.986. The fraction of sp³-hybridized carbons (Fsp3) is 0.500. The summed E-state index contributed by atoms with van der Waals surface area (Å²) < 4.78 is 10.3. The Morgan fingerprint density at radius 3 is 2.77 bits per heavy atom. The topological polar surface area (TPSA) is 84.9 Å². The molecule has 0 aliphatic carbocycles. The van der Waals surface area contributed by atoms with Crippen LogP contribution in [0, 0.1) is 11.8 Å². The van der Waals surface area contributed by atoms with Gasteiger partial charge in [0.25, 0.3) is 5.91 Å². The molecule has 1 aromatic carbocycles. The van der Waals surface area contributed by atoms with Crippen molar-refractivity contribution >= 4 is 35.1 Å². The molecule has 0 radical (unpaired) electrons. The van der Waals surface area contributed by atoms with Crippen LogP contribution in [0.4, 0.5) is 5.69 Å². The molecule has 0 saturated carbocycles. The first kappa shape index (κ1) is 20.0. The van der Waals surface area contributed by atoms with Crippen LogP contribution in [0.1, 0.15) is 20.3 Å². The molecule has 0 spiro atoms. The molecule has 1 N–H and O–H groups in total. The monoisotopic (exact) mass is 382 g/mol. The zero-order valence-corrected chi connectivity index (χ0v) is 15.8. The molecule has 1 heterocycles. The Balaban J connectivity index is 1.96. The summed E-state index contributed by atoms with van der Waals surface area (Å²) in [5.41, 5.74) is 0.509. The molecule has 2 amide bonds. The van der Waals surface area contributed by atoms with E-state index in [-0.39, 0.29) is 31.4 Å². The minimum atomic E-state index is -0.635. The van der Waals surface area contributed by atoms with E-state index in [0.717, 1.165) is 0 Å². The molecular weight excluding hydrogens is 360 g/mol. The highest BCUT2D eigenvalue weighted by Gasteiger charge is 2.37. The molecule has 8 heteroatoms. The summed E-state index contributed by atoms with van der Waals surface area (Å²) in [6.45, 7) is 4.25. The zero-order valence-electron chi connectivity index (χ0n) is 15.1. The predicted molar refractivity (Wildman–Crippen MR) is 97.3 cm³/mol. The maximum atomic E-state index is 12.3. The largest absolute Gasteiger partial charge is 0.495 e. The number of nitrogens with one attached hydrogen (secondary N) is 1. The van der Waals surface area contributed by atoms with Crippen LogP contribution in [-0.2, 0) is 19.1 Å². The zero-order chi connectivity index (χ0) is 19.3. The van der Waals surface area contributed by atoms with Crippen molar-refractivity contribution in [3.63, 3.8) is 0 Å². The number of anilines is 1. The Bertz CT molecular complexity index is 692. The van der Waals surface area contributed by atoms with E-state index in [9.17, 15) is 14.4 Å². The van der Waals surface area contributed by atoms with Crippen molar-refractivity contribution in [3.05, 3.63) is 23.2 Å². The number of benzene rings is 1. The number of nitrogens with zero attached hydrogens (tertiary/aromatic N) is 1. The fourth-order valence-corrected chi connectivity index (χ4v) is 2.76. The quantitative estimate of drug-likeness (QED) is 0.729. The average molecular weight is 383 g/mol. The molecule has 1 aromatic rings. The van der Waals surface area contributed by atoms with Crippen molar-refractivity contribution in [3.8, 4) is 5.75 Å². The number of carbonyl (C=O) groups excluding carboxylic acids is 3. The highest BCUT2D eigenvalue weighted by molar-refractivity contribution is 6.31. The summed E-state index contributed by atoms with van der Waals surface area (Å²) in [6, 6.07) is 4.94. The van der Waals surface area contributed by atoms with E-state index in [1.165, 1.54) is 12.0 Å². The summed E-state index contributed by atoms with van der Waals surface area (Å²) in [6.07, 6.45) is 0.0160. The van der Waals surface area contributed by atoms with Gasteiger partial charge in [0.1, 0.15) is 5.75 Å². The van der Waals surface area contributed by atoms with Crippen molar-refractivity contribution < 1.29 is 23.9 Å². The van der Waals surface area contributed by atoms with E-state index >= 15 is 0 Å². The van der Waals surface area contributed by atoms with Gasteiger partial charge >= 0.3 is 5.97 Å². The molecule has 142 valence electrons. The van der Waals surface area contributed by atoms with Crippen LogP contribution in [0.2, 0.25) is 5.02 Å². The average Bonchev–Trinajstić information content (AvgIpc) is 2.99. The molecule has 1 fully saturated rings. The van der Waals surface area contributed by atoms with Crippen LogP contribution < -0.4 is 15.0 Å². The predicted octanol–water partition coefficient (Wildman–Crippen LogP) is 2.02. The number of carbonyl (C=O) groups is 3. The molecule has 0 aromatic heterocycles. The van der Waals surface area contributed by atoms with E-state index < -0.39 is 11.9 Å². The first-order valence-corrected chi connectivity index (χ1v) is 8.76. The van der Waals surface area contributed by atoms with E-state index in [1.54, 1.807) is 18.2 Å². The number of hydrogen-bond acceptors (Lipinski definition) is 5. The van der Waals surface area contributed by atoms with Gasteiger partial charge in [0.2, 0.25) is 5.91 Å². The summed E-state index contributed by atoms with van der Waals surface area (Å²) >= 11 is 6.01. The molecule has 7 nitrogen and oxygen atoms in total. The number of methoxy groups -OCH3 is 1. The Morgan fingerprint density at radius 1 is 1.38 bits per heavy atom. The van der Waals surface area contributed by atoms with Gasteiger partial charge in [0.05, 0.1) is 18.7 Å². The fourth-order valence-electron chi connectivity index (χ4n) is 2.60. The van der Waals surface area contributed by atoms with Crippen molar-refractivity contribution in [2.75, 3.05) is 31.7 Å². The van der Waals surface area contributed by atoms with Crippen LogP contribution in [-0.4, -0.2) is 44.6 Å². The van der Waals surface area contributed by atoms with Gasteiger partial charge in [-0.2, -0.15) is 0 Å². The van der Waals surface area contributed by atoms with Gasteiger partial charge < -0.3 is 19.7 Å². The summed E-state index contributed by atoms with van der Waals surface area (Å²) in [7, 11) is 1.49. The van der Waals surface area contributed by atoms with Crippen LogP contribution in [0.5, 0.6) is 5.75 Å². The van der Waals surface area contributed by atoms with Gasteiger partial charge in [0, 0.05) is 24.5 Å². The van der Waals surface area contributed by atoms with E-state index in [4.69, 9.17) is 21.1 Å². The van der Waals surface area contributed by atoms with Crippen LogP contribution in [0.3, 0.4) is 0 Å². The SMILES string of the molecule is COc1ccc(Cl)cc1N1C[C@@H](C(=O)OCC(=O)NCC(C)C)CC1=O. The van der Waals surface area contributed by atoms with Gasteiger partial charge in [-0.25, -0.2) is 0 Å². The number of hydrogen-bond donors (Lipinski definition) is 1. The lowest BCUT2D eigenvalue weighted by atomic mass is 10.1. The number of rotatable bonds is 7. The standard InChI is InChI=1S/C18H23ClN2O5/c1-11(2)8-20-16(22)10-26-18(24)12-6-17(23)21(9-12)14-7-13(19)4-5-15(14)25-3/h4-5,7,11-12H,6,8-10H2,1-3H3,(H,20,22)/t12-/m0/s1. The lowest BCUT2D eigenvalue weighted by Crippen LogP contribution is -2.33. The van der Waals surface area contributed by atoms with Crippen molar-refractivity contribution in [1.29, 1.82) is 0 Å². The lowest BCUT2D eigenvalue weighted by molar-refractivity contribution is -0.152. The minimum Gasteiger partial charge on any atom is -0.495 e. The molecular formula is C18H23ClN2O5. The lowest BCUT2D eigenvalue weighted by Gasteiger charge is -2.19. The molecule has 1 aliphatic rings. The molecule has 0 bridgehead atoms. The first-order valence-electron chi connectivity index (χ1n) is 8.39. The molecule has 1 atom stereocenters. The second-order valence-corrected chi connectivity index (χ2v) is 6.96. The van der Waals surface area contributed by atoms with Gasteiger partial charge in [0.15, 0.2) is 6.61 Å². The van der Waals surface area contributed by atoms with E-state index in [2.05, 4.69) is 5.32 Å². The highest BCUT2D eigenvalue weighted by Crippen LogP contribution is 2.35. The number of ether oxygens (including phenoxy) is 2. The third kappa shape index (κ3) is 5.11. The third-order valence-corrected chi connectivity index (χ3v) is 4.18. The van der Waals surface area contributed by atoms with Crippen molar-refractivity contribution in [1.82, 2.24) is 5.32 Å². The Hall–Kier alpha value is -2.28. The van der Waals surface area contributed by atoms with E-state index in [1.807, 2.05) is 13.8 Å². The maximum Gasteiger partial charge on any atom is 0.311 e. The summed E-state index contributed by atoms with van der Waals surface area (Å²) in [4.78, 5) is 37.6. The molecule has 2 rings (SSSR count). The normalized spacial score (nSPS) is 16.7. The molecule has 26 heavy (non-hydrogen) atoms. The number of halogens is 1. The molecule has 1 saturated heterocycles. The number of esters is 1. The number of amides is 2. The minimum absolute atomic E-state index is 0.0160. The molecule has 1 aliphatic heterocycles. The van der Waals surface area contributed by atoms with Gasteiger partial charge in [-0.1, -0.05) is 25.4 Å². The van der Waals surface area contributed by atoms with Crippen LogP contribution in [0.15, 0.2) is 18.2 Å². The smallest absolute Gasteiger partial charge is 0.311 e. The van der Waals surface area contributed by atoms with Gasteiger partial charge in [-0.15, -0.1) is 0 Å². The Morgan fingerprint density at radius 2 is 2.12 bits per heavy atom. The second kappa shape index (κ2) is 8.89. The Kier molecular flexibility index (Phi) is 6.85. The van der Waals surface area contributed by atoms with Crippen molar-refractivity contribution in [2.24, 2.45) is 11.8 Å². The van der Waals surface area contributed by atoms with Crippen molar-refractivity contribution in [2.45, 2.75) is 20.3 Å². The second-order valence-electron chi connectivity index (χ2n) is 6.53. The van der Waals surface area contributed by atoms with Gasteiger partial charge in [-0.05, 0) is 24.1 Å². The maximum absolute atomic E-state index is 12.3.